The highest BCUT2D eigenvalue weighted by Gasteiger charge is 2.28. The molecule has 3 heteroatoms. The molecule has 1 aromatic rings. The van der Waals surface area contributed by atoms with E-state index >= 15 is 0 Å². The molecule has 0 bridgehead atoms. The lowest BCUT2D eigenvalue weighted by molar-refractivity contribution is 0.230. The number of hydrogen-bond acceptors (Lipinski definition) is 2. The van der Waals surface area contributed by atoms with Crippen molar-refractivity contribution in [2.24, 2.45) is 5.92 Å². The van der Waals surface area contributed by atoms with Gasteiger partial charge in [-0.3, -0.25) is 4.90 Å². The van der Waals surface area contributed by atoms with Crippen LogP contribution in [-0.4, -0.2) is 42.5 Å². The van der Waals surface area contributed by atoms with E-state index in [1.165, 1.54) is 45.0 Å². The quantitative estimate of drug-likeness (QED) is 0.832. The molecule has 2 unspecified atom stereocenters. The van der Waals surface area contributed by atoms with Gasteiger partial charge >= 0.3 is 0 Å². The van der Waals surface area contributed by atoms with Crippen LogP contribution in [-0.2, 0) is 0 Å². The van der Waals surface area contributed by atoms with Crippen LogP contribution in [0.4, 0.5) is 4.39 Å². The smallest absolute Gasteiger partial charge is 0.123 e. The Morgan fingerprint density at radius 3 is 2.80 bits per heavy atom. The van der Waals surface area contributed by atoms with Crippen molar-refractivity contribution in [3.05, 3.63) is 35.6 Å². The zero-order valence-electron chi connectivity index (χ0n) is 12.4. The molecule has 2 atom stereocenters. The van der Waals surface area contributed by atoms with E-state index in [1.807, 2.05) is 12.1 Å². The summed E-state index contributed by atoms with van der Waals surface area (Å²) in [5.74, 6) is 0.672. The summed E-state index contributed by atoms with van der Waals surface area (Å²) in [7, 11) is 0. The predicted octanol–water partition coefficient (Wildman–Crippen LogP) is 3.30. The van der Waals surface area contributed by atoms with Gasteiger partial charge in [-0.25, -0.2) is 4.39 Å². The number of benzene rings is 1. The molecule has 2 aliphatic heterocycles. The first-order valence-electron chi connectivity index (χ1n) is 7.94. The van der Waals surface area contributed by atoms with E-state index in [9.17, 15) is 4.39 Å². The Kier molecular flexibility index (Phi) is 4.37. The maximum atomic E-state index is 13.3. The zero-order valence-corrected chi connectivity index (χ0v) is 12.4. The van der Waals surface area contributed by atoms with Gasteiger partial charge in [0, 0.05) is 19.1 Å². The monoisotopic (exact) mass is 276 g/mol. The third kappa shape index (κ3) is 3.21. The Bertz CT molecular complexity index is 442. The van der Waals surface area contributed by atoms with Crippen LogP contribution >= 0.6 is 0 Å². The average molecular weight is 276 g/mol. The third-order valence-corrected chi connectivity index (χ3v) is 4.91. The minimum atomic E-state index is -0.123. The number of rotatable bonds is 4. The van der Waals surface area contributed by atoms with Crippen LogP contribution in [0.1, 0.15) is 37.8 Å². The number of hydrogen-bond donors (Lipinski definition) is 0. The van der Waals surface area contributed by atoms with Gasteiger partial charge in [-0.1, -0.05) is 12.1 Å². The van der Waals surface area contributed by atoms with Gasteiger partial charge in [0.2, 0.25) is 0 Å². The Morgan fingerprint density at radius 2 is 2.05 bits per heavy atom. The lowest BCUT2D eigenvalue weighted by Gasteiger charge is -2.25. The fourth-order valence-corrected chi connectivity index (χ4v) is 3.67. The van der Waals surface area contributed by atoms with Crippen molar-refractivity contribution >= 4 is 0 Å². The molecule has 0 saturated carbocycles. The molecule has 0 aromatic heterocycles. The maximum absolute atomic E-state index is 13.3. The second-order valence-electron chi connectivity index (χ2n) is 6.39. The van der Waals surface area contributed by atoms with E-state index in [-0.39, 0.29) is 5.82 Å². The molecule has 0 aliphatic carbocycles. The average Bonchev–Trinajstić information content (AvgIpc) is 3.10. The summed E-state index contributed by atoms with van der Waals surface area (Å²) in [6.45, 7) is 8.34. The SMILES string of the molecule is CC(c1cccc(F)c1)N1CCC(CN2CCCC2)C1. The summed E-state index contributed by atoms with van der Waals surface area (Å²) in [6.07, 6.45) is 4.03. The Labute approximate surface area is 121 Å². The van der Waals surface area contributed by atoms with E-state index < -0.39 is 0 Å². The van der Waals surface area contributed by atoms with Crippen molar-refractivity contribution in [3.63, 3.8) is 0 Å². The minimum Gasteiger partial charge on any atom is -0.303 e. The van der Waals surface area contributed by atoms with E-state index in [0.29, 0.717) is 6.04 Å². The summed E-state index contributed by atoms with van der Waals surface area (Å²) in [4.78, 5) is 5.12. The van der Waals surface area contributed by atoms with Crippen LogP contribution in [0.3, 0.4) is 0 Å². The summed E-state index contributed by atoms with van der Waals surface area (Å²) in [5, 5.41) is 0. The van der Waals surface area contributed by atoms with E-state index in [0.717, 1.165) is 24.6 Å². The molecule has 3 rings (SSSR count). The molecule has 1 aromatic carbocycles. The van der Waals surface area contributed by atoms with Gasteiger partial charge in [0.15, 0.2) is 0 Å². The molecule has 0 radical (unpaired) electrons. The molecule has 2 heterocycles. The van der Waals surface area contributed by atoms with Crippen LogP contribution in [0, 0.1) is 11.7 Å². The molecular formula is C17H25FN2. The van der Waals surface area contributed by atoms with E-state index in [1.54, 1.807) is 6.07 Å². The molecule has 2 fully saturated rings. The normalized spacial score (nSPS) is 26.2. The first-order chi connectivity index (χ1) is 9.72. The van der Waals surface area contributed by atoms with Crippen molar-refractivity contribution in [2.45, 2.75) is 32.2 Å². The highest BCUT2D eigenvalue weighted by molar-refractivity contribution is 5.20. The van der Waals surface area contributed by atoms with Gasteiger partial charge in [0.25, 0.3) is 0 Å². The summed E-state index contributed by atoms with van der Waals surface area (Å²) >= 11 is 0. The lowest BCUT2D eigenvalue weighted by Crippen LogP contribution is -2.30. The molecule has 20 heavy (non-hydrogen) atoms. The van der Waals surface area contributed by atoms with Gasteiger partial charge in [-0.15, -0.1) is 0 Å². The van der Waals surface area contributed by atoms with Crippen LogP contribution in [0.25, 0.3) is 0 Å². The van der Waals surface area contributed by atoms with Crippen LogP contribution in [0.2, 0.25) is 0 Å². The Morgan fingerprint density at radius 1 is 1.25 bits per heavy atom. The summed E-state index contributed by atoms with van der Waals surface area (Å²) in [6, 6.07) is 7.39. The summed E-state index contributed by atoms with van der Waals surface area (Å²) in [5.41, 5.74) is 1.10. The lowest BCUT2D eigenvalue weighted by atomic mass is 10.1. The maximum Gasteiger partial charge on any atom is 0.123 e. The fraction of sp³-hybridized carbons (Fsp3) is 0.647. The highest BCUT2D eigenvalue weighted by atomic mass is 19.1. The van der Waals surface area contributed by atoms with Crippen LogP contribution in [0.5, 0.6) is 0 Å². The molecule has 0 spiro atoms. The van der Waals surface area contributed by atoms with Gasteiger partial charge in [-0.05, 0) is 69.4 Å². The van der Waals surface area contributed by atoms with Crippen molar-refractivity contribution < 1.29 is 4.39 Å². The Hall–Kier alpha value is -0.930. The molecule has 2 aliphatic rings. The standard InChI is InChI=1S/C17H25FN2/c1-14(16-5-4-6-17(18)11-16)20-10-7-15(13-20)12-19-8-2-3-9-19/h4-6,11,14-15H,2-3,7-10,12-13H2,1H3. The largest absolute Gasteiger partial charge is 0.303 e. The molecule has 2 saturated heterocycles. The highest BCUT2D eigenvalue weighted by Crippen LogP contribution is 2.28. The van der Waals surface area contributed by atoms with Crippen molar-refractivity contribution in [1.82, 2.24) is 9.80 Å². The zero-order chi connectivity index (χ0) is 13.9. The van der Waals surface area contributed by atoms with Gasteiger partial charge in [0.05, 0.1) is 0 Å². The number of nitrogens with zero attached hydrogens (tertiary/aromatic N) is 2. The predicted molar refractivity (Wildman–Crippen MR) is 80.2 cm³/mol. The van der Waals surface area contributed by atoms with Crippen molar-refractivity contribution in [3.8, 4) is 0 Å². The molecule has 110 valence electrons. The number of likely N-dealkylation sites (tertiary alicyclic amines) is 2. The van der Waals surface area contributed by atoms with E-state index in [4.69, 9.17) is 0 Å². The number of halogens is 1. The topological polar surface area (TPSA) is 6.48 Å². The van der Waals surface area contributed by atoms with Crippen LogP contribution in [0.15, 0.2) is 24.3 Å². The van der Waals surface area contributed by atoms with Gasteiger partial charge < -0.3 is 4.90 Å². The minimum absolute atomic E-state index is 0.123. The molecule has 2 nitrogen and oxygen atoms in total. The van der Waals surface area contributed by atoms with Crippen molar-refractivity contribution in [1.29, 1.82) is 0 Å². The second-order valence-corrected chi connectivity index (χ2v) is 6.39. The molecule has 0 amide bonds. The molecule has 0 N–H and O–H groups in total. The van der Waals surface area contributed by atoms with E-state index in [2.05, 4.69) is 16.7 Å². The Balaban J connectivity index is 1.56. The first-order valence-corrected chi connectivity index (χ1v) is 7.94. The third-order valence-electron chi connectivity index (χ3n) is 4.91. The summed E-state index contributed by atoms with van der Waals surface area (Å²) < 4.78 is 13.3. The van der Waals surface area contributed by atoms with Crippen LogP contribution < -0.4 is 0 Å². The van der Waals surface area contributed by atoms with Gasteiger partial charge in [-0.2, -0.15) is 0 Å². The van der Waals surface area contributed by atoms with Crippen molar-refractivity contribution in [2.75, 3.05) is 32.7 Å². The van der Waals surface area contributed by atoms with Gasteiger partial charge in [0.1, 0.15) is 5.82 Å². The first kappa shape index (κ1) is 14.0. The molecular weight excluding hydrogens is 251 g/mol. The second kappa shape index (κ2) is 6.23. The fourth-order valence-electron chi connectivity index (χ4n) is 3.67.